The highest BCUT2D eigenvalue weighted by Gasteiger charge is 2.32. The Labute approximate surface area is 151 Å². The average Bonchev–Trinajstić information content (AvgIpc) is 2.59. The molecule has 1 aromatic rings. The Kier molecular flexibility index (Phi) is 5.13. The Morgan fingerprint density at radius 2 is 1.88 bits per heavy atom. The van der Waals surface area contributed by atoms with Gasteiger partial charge in [0.15, 0.2) is 0 Å². The minimum Gasteiger partial charge on any atom is -0.331 e. The van der Waals surface area contributed by atoms with E-state index in [0.717, 1.165) is 42.4 Å². The first kappa shape index (κ1) is 17.3. The highest BCUT2D eigenvalue weighted by molar-refractivity contribution is 9.10. The number of amides is 3. The molecule has 130 valence electrons. The van der Waals surface area contributed by atoms with E-state index in [4.69, 9.17) is 0 Å². The van der Waals surface area contributed by atoms with Crippen LogP contribution in [0.2, 0.25) is 0 Å². The summed E-state index contributed by atoms with van der Waals surface area (Å²) in [5, 5.41) is 0. The van der Waals surface area contributed by atoms with Gasteiger partial charge in [0.2, 0.25) is 5.91 Å². The number of fused-ring (bicyclic) bond motifs is 1. The fourth-order valence-electron chi connectivity index (χ4n) is 3.62. The molecule has 0 bridgehead atoms. The van der Waals surface area contributed by atoms with Gasteiger partial charge in [-0.3, -0.25) is 4.79 Å². The lowest BCUT2D eigenvalue weighted by Gasteiger charge is -2.37. The number of halogens is 1. The minimum absolute atomic E-state index is 0.0193. The van der Waals surface area contributed by atoms with E-state index in [2.05, 4.69) is 22.0 Å². The molecule has 6 heteroatoms. The molecule has 24 heavy (non-hydrogen) atoms. The molecule has 2 heterocycles. The first-order valence-corrected chi connectivity index (χ1v) is 9.32. The second-order valence-electron chi connectivity index (χ2n) is 6.80. The number of anilines is 1. The first-order valence-electron chi connectivity index (χ1n) is 8.53. The molecule has 5 nitrogen and oxygen atoms in total. The molecule has 1 saturated heterocycles. The summed E-state index contributed by atoms with van der Waals surface area (Å²) in [6.07, 6.45) is 3.53. The van der Waals surface area contributed by atoms with Crippen LogP contribution in [0.4, 0.5) is 10.5 Å². The highest BCUT2D eigenvalue weighted by Crippen LogP contribution is 2.32. The number of rotatable bonds is 1. The number of carbonyl (C=O) groups is 2. The molecule has 0 radical (unpaired) electrons. The Bertz CT molecular complexity index is 639. The smallest absolute Gasteiger partial charge is 0.319 e. The average molecular weight is 394 g/mol. The van der Waals surface area contributed by atoms with E-state index in [1.165, 1.54) is 5.56 Å². The lowest BCUT2D eigenvalue weighted by Crippen LogP contribution is -2.48. The van der Waals surface area contributed by atoms with Gasteiger partial charge >= 0.3 is 6.03 Å². The predicted octanol–water partition coefficient (Wildman–Crippen LogP) is 3.12. The van der Waals surface area contributed by atoms with E-state index >= 15 is 0 Å². The minimum atomic E-state index is 0.0193. The standard InChI is InChI=1S/C18H24BrN3O2/c1-20(2)18(24)21-10-7-13(8-11-21)17(23)22-9-3-4-14-12-15(19)5-6-16(14)22/h5-6,12-13H,3-4,7-11H2,1-2H3. The number of urea groups is 1. The van der Waals surface area contributed by atoms with E-state index in [1.54, 1.807) is 19.0 Å². The third kappa shape index (κ3) is 3.43. The summed E-state index contributed by atoms with van der Waals surface area (Å²) in [6.45, 7) is 2.12. The summed E-state index contributed by atoms with van der Waals surface area (Å²) in [5.41, 5.74) is 2.30. The van der Waals surface area contributed by atoms with E-state index in [-0.39, 0.29) is 17.9 Å². The maximum Gasteiger partial charge on any atom is 0.319 e. The molecule has 0 unspecified atom stereocenters. The van der Waals surface area contributed by atoms with Gasteiger partial charge in [0.05, 0.1) is 0 Å². The topological polar surface area (TPSA) is 43.9 Å². The Hall–Kier alpha value is -1.56. The second-order valence-corrected chi connectivity index (χ2v) is 7.72. The van der Waals surface area contributed by atoms with Gasteiger partial charge < -0.3 is 14.7 Å². The summed E-state index contributed by atoms with van der Waals surface area (Å²) in [6, 6.07) is 6.20. The quantitative estimate of drug-likeness (QED) is 0.735. The van der Waals surface area contributed by atoms with Crippen LogP contribution in [0.15, 0.2) is 22.7 Å². The van der Waals surface area contributed by atoms with Crippen molar-refractivity contribution in [1.82, 2.24) is 9.80 Å². The van der Waals surface area contributed by atoms with Crippen LogP contribution in [-0.4, -0.2) is 55.5 Å². The van der Waals surface area contributed by atoms with E-state index in [9.17, 15) is 9.59 Å². The number of piperidine rings is 1. The van der Waals surface area contributed by atoms with E-state index < -0.39 is 0 Å². The number of carbonyl (C=O) groups excluding carboxylic acids is 2. The predicted molar refractivity (Wildman–Crippen MR) is 98.2 cm³/mol. The van der Waals surface area contributed by atoms with Crippen LogP contribution in [0.1, 0.15) is 24.8 Å². The molecular formula is C18H24BrN3O2. The maximum absolute atomic E-state index is 13.0. The fraction of sp³-hybridized carbons (Fsp3) is 0.556. The molecule has 0 spiro atoms. The Morgan fingerprint density at radius 3 is 2.54 bits per heavy atom. The zero-order chi connectivity index (χ0) is 17.3. The van der Waals surface area contributed by atoms with Crippen LogP contribution in [0.3, 0.4) is 0 Å². The molecule has 0 saturated carbocycles. The number of hydrogen-bond acceptors (Lipinski definition) is 2. The highest BCUT2D eigenvalue weighted by atomic mass is 79.9. The molecule has 2 aliphatic heterocycles. The molecule has 0 N–H and O–H groups in total. The maximum atomic E-state index is 13.0. The van der Waals surface area contributed by atoms with Crippen molar-refractivity contribution in [3.05, 3.63) is 28.2 Å². The van der Waals surface area contributed by atoms with Crippen molar-refractivity contribution < 1.29 is 9.59 Å². The molecule has 3 amide bonds. The second kappa shape index (κ2) is 7.13. The zero-order valence-corrected chi connectivity index (χ0v) is 15.9. The molecule has 0 aliphatic carbocycles. The molecule has 3 rings (SSSR count). The molecule has 0 aromatic heterocycles. The van der Waals surface area contributed by atoms with Gasteiger partial charge in [0, 0.05) is 49.8 Å². The largest absolute Gasteiger partial charge is 0.331 e. The third-order valence-corrected chi connectivity index (χ3v) is 5.42. The SMILES string of the molecule is CN(C)C(=O)N1CCC(C(=O)N2CCCc3cc(Br)ccc32)CC1. The number of hydrogen-bond donors (Lipinski definition) is 0. The van der Waals surface area contributed by atoms with Gasteiger partial charge in [0.1, 0.15) is 0 Å². The molecule has 1 aromatic carbocycles. The van der Waals surface area contributed by atoms with Crippen LogP contribution in [0, 0.1) is 5.92 Å². The van der Waals surface area contributed by atoms with Crippen molar-refractivity contribution in [3.63, 3.8) is 0 Å². The summed E-state index contributed by atoms with van der Waals surface area (Å²) in [5.74, 6) is 0.237. The Morgan fingerprint density at radius 1 is 1.17 bits per heavy atom. The van der Waals surface area contributed by atoms with Crippen molar-refractivity contribution in [1.29, 1.82) is 0 Å². The number of benzene rings is 1. The molecular weight excluding hydrogens is 370 g/mol. The summed E-state index contributed by atoms with van der Waals surface area (Å²) in [7, 11) is 3.53. The number of nitrogens with zero attached hydrogens (tertiary/aromatic N) is 3. The van der Waals surface area contributed by atoms with Crippen LogP contribution in [0.25, 0.3) is 0 Å². The van der Waals surface area contributed by atoms with E-state index in [1.807, 2.05) is 21.9 Å². The van der Waals surface area contributed by atoms with Crippen LogP contribution >= 0.6 is 15.9 Å². The summed E-state index contributed by atoms with van der Waals surface area (Å²) in [4.78, 5) is 30.4. The lowest BCUT2D eigenvalue weighted by molar-refractivity contribution is -0.123. The Balaban J connectivity index is 1.68. The fourth-order valence-corrected chi connectivity index (χ4v) is 4.02. The van der Waals surface area contributed by atoms with Crippen molar-refractivity contribution in [3.8, 4) is 0 Å². The van der Waals surface area contributed by atoms with Crippen molar-refractivity contribution in [2.45, 2.75) is 25.7 Å². The van der Waals surface area contributed by atoms with Gasteiger partial charge in [-0.1, -0.05) is 15.9 Å². The monoisotopic (exact) mass is 393 g/mol. The van der Waals surface area contributed by atoms with Gasteiger partial charge in [-0.2, -0.15) is 0 Å². The van der Waals surface area contributed by atoms with Gasteiger partial charge in [-0.05, 0) is 49.4 Å². The first-order chi connectivity index (χ1) is 11.5. The number of likely N-dealkylation sites (tertiary alicyclic amines) is 1. The number of aryl methyl sites for hydroxylation is 1. The summed E-state index contributed by atoms with van der Waals surface area (Å²) >= 11 is 3.51. The third-order valence-electron chi connectivity index (χ3n) is 4.92. The van der Waals surface area contributed by atoms with Crippen LogP contribution in [0.5, 0.6) is 0 Å². The lowest BCUT2D eigenvalue weighted by atomic mass is 9.93. The van der Waals surface area contributed by atoms with Gasteiger partial charge in [0.25, 0.3) is 0 Å². The molecule has 2 aliphatic rings. The van der Waals surface area contributed by atoms with Crippen molar-refractivity contribution in [2.75, 3.05) is 38.6 Å². The van der Waals surface area contributed by atoms with E-state index in [0.29, 0.717) is 13.1 Å². The summed E-state index contributed by atoms with van der Waals surface area (Å²) < 4.78 is 1.06. The van der Waals surface area contributed by atoms with Gasteiger partial charge in [-0.15, -0.1) is 0 Å². The van der Waals surface area contributed by atoms with Crippen LogP contribution < -0.4 is 4.90 Å². The van der Waals surface area contributed by atoms with Crippen LogP contribution in [-0.2, 0) is 11.2 Å². The molecule has 0 atom stereocenters. The molecule has 1 fully saturated rings. The normalized spacial score (nSPS) is 18.3. The van der Waals surface area contributed by atoms with Gasteiger partial charge in [-0.25, -0.2) is 4.79 Å². The van der Waals surface area contributed by atoms with Crippen molar-refractivity contribution >= 4 is 33.6 Å². The zero-order valence-electron chi connectivity index (χ0n) is 14.3. The van der Waals surface area contributed by atoms with Crippen molar-refractivity contribution in [2.24, 2.45) is 5.92 Å².